The predicted molar refractivity (Wildman–Crippen MR) is 72.8 cm³/mol. The van der Waals surface area contributed by atoms with Crippen LogP contribution in [-0.2, 0) is 0 Å². The molecule has 0 saturated heterocycles. The summed E-state index contributed by atoms with van der Waals surface area (Å²) in [6.07, 6.45) is 0. The molecule has 2 rings (SSSR count). The van der Waals surface area contributed by atoms with Gasteiger partial charge in [0, 0.05) is 10.9 Å². The number of hydrogen-bond donors (Lipinski definition) is 1. The Morgan fingerprint density at radius 2 is 2.00 bits per heavy atom. The van der Waals surface area contributed by atoms with Crippen molar-refractivity contribution < 1.29 is 9.53 Å². The van der Waals surface area contributed by atoms with Gasteiger partial charge in [-0.05, 0) is 23.4 Å². The fourth-order valence-corrected chi connectivity index (χ4v) is 1.79. The molecule has 2 aromatic carbocycles. The number of fused-ring (bicyclic) bond motifs is 1. The van der Waals surface area contributed by atoms with E-state index in [1.807, 2.05) is 24.3 Å². The van der Waals surface area contributed by atoms with Gasteiger partial charge in [0.15, 0.2) is 0 Å². The summed E-state index contributed by atoms with van der Waals surface area (Å²) < 4.78 is 5.76. The van der Waals surface area contributed by atoms with Gasteiger partial charge in [0.2, 0.25) is 5.91 Å². The molecule has 0 atom stereocenters. The number of nitrogens with two attached hydrogens (primary N) is 1. The van der Waals surface area contributed by atoms with Crippen LogP contribution in [0, 0.1) is 5.92 Å². The van der Waals surface area contributed by atoms with Crippen molar-refractivity contribution in [1.82, 2.24) is 0 Å². The first-order chi connectivity index (χ1) is 8.58. The summed E-state index contributed by atoms with van der Waals surface area (Å²) in [5, 5.41) is 1.97. The molecule has 0 bridgehead atoms. The second kappa shape index (κ2) is 5.08. The number of carbonyl (C=O) groups is 1. The van der Waals surface area contributed by atoms with Crippen LogP contribution in [0.3, 0.4) is 0 Å². The molecule has 0 aliphatic carbocycles. The molecule has 0 radical (unpaired) electrons. The Morgan fingerprint density at radius 1 is 1.28 bits per heavy atom. The molecule has 0 heterocycles. The third-order valence-electron chi connectivity index (χ3n) is 2.68. The Morgan fingerprint density at radius 3 is 2.67 bits per heavy atom. The summed E-state index contributed by atoms with van der Waals surface area (Å²) in [5.41, 5.74) is 5.81. The van der Waals surface area contributed by atoms with Crippen LogP contribution >= 0.6 is 0 Å². The number of rotatable bonds is 4. The fourth-order valence-electron chi connectivity index (χ4n) is 1.79. The van der Waals surface area contributed by atoms with Crippen LogP contribution in [0.5, 0.6) is 5.75 Å². The zero-order valence-corrected chi connectivity index (χ0v) is 10.6. The maximum absolute atomic E-state index is 11.3. The van der Waals surface area contributed by atoms with Crippen molar-refractivity contribution in [2.45, 2.75) is 13.8 Å². The molecule has 0 aromatic heterocycles. The third kappa shape index (κ3) is 2.62. The molecule has 0 spiro atoms. The fraction of sp³-hybridized carbons (Fsp3) is 0.267. The summed E-state index contributed by atoms with van der Waals surface area (Å²) in [5.74, 6) is 0.715. The highest BCUT2D eigenvalue weighted by Crippen LogP contribution is 2.27. The highest BCUT2D eigenvalue weighted by Gasteiger charge is 2.09. The van der Waals surface area contributed by atoms with Gasteiger partial charge in [0.05, 0.1) is 6.61 Å². The Bertz CT molecular complexity index is 576. The standard InChI is InChI=1S/C15H17NO2/c1-10(2)9-18-14-8-12(15(16)17)7-11-5-3-4-6-13(11)14/h3-8,10H,9H2,1-2H3,(H2,16,17). The highest BCUT2D eigenvalue weighted by atomic mass is 16.5. The lowest BCUT2D eigenvalue weighted by Crippen LogP contribution is -2.12. The quantitative estimate of drug-likeness (QED) is 0.897. The minimum absolute atomic E-state index is 0.431. The van der Waals surface area contributed by atoms with Crippen LogP contribution in [0.2, 0.25) is 0 Å². The number of benzene rings is 2. The normalized spacial score (nSPS) is 10.8. The van der Waals surface area contributed by atoms with Gasteiger partial charge in [0.1, 0.15) is 5.75 Å². The zero-order chi connectivity index (χ0) is 13.1. The van der Waals surface area contributed by atoms with Crippen molar-refractivity contribution in [3.05, 3.63) is 42.0 Å². The van der Waals surface area contributed by atoms with Crippen LogP contribution in [0.1, 0.15) is 24.2 Å². The number of hydrogen-bond acceptors (Lipinski definition) is 2. The topological polar surface area (TPSA) is 52.3 Å². The van der Waals surface area contributed by atoms with E-state index >= 15 is 0 Å². The molecule has 94 valence electrons. The maximum Gasteiger partial charge on any atom is 0.248 e. The van der Waals surface area contributed by atoms with Crippen molar-refractivity contribution in [1.29, 1.82) is 0 Å². The summed E-state index contributed by atoms with van der Waals surface area (Å²) in [7, 11) is 0. The van der Waals surface area contributed by atoms with Crippen molar-refractivity contribution in [3.8, 4) is 5.75 Å². The molecule has 2 N–H and O–H groups in total. The third-order valence-corrected chi connectivity index (χ3v) is 2.68. The molecule has 18 heavy (non-hydrogen) atoms. The lowest BCUT2D eigenvalue weighted by Gasteiger charge is -2.12. The lowest BCUT2D eigenvalue weighted by molar-refractivity contribution is 0.1000. The molecule has 0 aliphatic heterocycles. The molecule has 3 heteroatoms. The number of carbonyl (C=O) groups excluding carboxylic acids is 1. The first-order valence-corrected chi connectivity index (χ1v) is 6.03. The van der Waals surface area contributed by atoms with Gasteiger partial charge >= 0.3 is 0 Å². The maximum atomic E-state index is 11.3. The van der Waals surface area contributed by atoms with Gasteiger partial charge in [-0.15, -0.1) is 0 Å². The predicted octanol–water partition coefficient (Wildman–Crippen LogP) is 2.97. The highest BCUT2D eigenvalue weighted by molar-refractivity contribution is 6.00. The van der Waals surface area contributed by atoms with Crippen molar-refractivity contribution >= 4 is 16.7 Å². The van der Waals surface area contributed by atoms with E-state index in [1.165, 1.54) is 0 Å². The molecule has 1 amide bonds. The first kappa shape index (κ1) is 12.4. The van der Waals surface area contributed by atoms with Crippen LogP contribution < -0.4 is 10.5 Å². The summed E-state index contributed by atoms with van der Waals surface area (Å²) in [6, 6.07) is 11.3. The van der Waals surface area contributed by atoms with Gasteiger partial charge in [-0.2, -0.15) is 0 Å². The van der Waals surface area contributed by atoms with E-state index in [4.69, 9.17) is 10.5 Å². The Kier molecular flexibility index (Phi) is 3.51. The minimum atomic E-state index is -0.435. The van der Waals surface area contributed by atoms with Gasteiger partial charge in [0.25, 0.3) is 0 Å². The second-order valence-electron chi connectivity index (χ2n) is 4.76. The van der Waals surface area contributed by atoms with E-state index in [0.29, 0.717) is 18.1 Å². The summed E-state index contributed by atoms with van der Waals surface area (Å²) >= 11 is 0. The molecule has 0 saturated carbocycles. The molecule has 0 aliphatic rings. The molecule has 0 fully saturated rings. The van der Waals surface area contributed by atoms with Crippen LogP contribution in [0.25, 0.3) is 10.8 Å². The van der Waals surface area contributed by atoms with Crippen LogP contribution in [0.4, 0.5) is 0 Å². The molecule has 3 nitrogen and oxygen atoms in total. The van der Waals surface area contributed by atoms with Crippen LogP contribution in [-0.4, -0.2) is 12.5 Å². The van der Waals surface area contributed by atoms with Crippen molar-refractivity contribution in [3.63, 3.8) is 0 Å². The Labute approximate surface area is 107 Å². The smallest absolute Gasteiger partial charge is 0.248 e. The monoisotopic (exact) mass is 243 g/mol. The van der Waals surface area contributed by atoms with Gasteiger partial charge in [-0.25, -0.2) is 0 Å². The number of amides is 1. The van der Waals surface area contributed by atoms with Gasteiger partial charge in [-0.1, -0.05) is 38.1 Å². The average Bonchev–Trinajstić information content (AvgIpc) is 2.35. The Hall–Kier alpha value is -2.03. The largest absolute Gasteiger partial charge is 0.493 e. The average molecular weight is 243 g/mol. The number of primary amides is 1. The minimum Gasteiger partial charge on any atom is -0.493 e. The lowest BCUT2D eigenvalue weighted by atomic mass is 10.1. The van der Waals surface area contributed by atoms with E-state index in [9.17, 15) is 4.79 Å². The van der Waals surface area contributed by atoms with Gasteiger partial charge in [-0.3, -0.25) is 4.79 Å². The summed E-state index contributed by atoms with van der Waals surface area (Å²) in [6.45, 7) is 4.78. The van der Waals surface area contributed by atoms with Crippen LogP contribution in [0.15, 0.2) is 36.4 Å². The molecular formula is C15H17NO2. The van der Waals surface area contributed by atoms with E-state index in [-0.39, 0.29) is 0 Å². The zero-order valence-electron chi connectivity index (χ0n) is 10.6. The van der Waals surface area contributed by atoms with Crippen molar-refractivity contribution in [2.24, 2.45) is 11.7 Å². The SMILES string of the molecule is CC(C)COc1cc(C(N)=O)cc2ccccc12. The molecule has 2 aromatic rings. The van der Waals surface area contributed by atoms with Gasteiger partial charge < -0.3 is 10.5 Å². The Balaban J connectivity index is 2.50. The van der Waals surface area contributed by atoms with E-state index in [2.05, 4.69) is 13.8 Å². The molecular weight excluding hydrogens is 226 g/mol. The molecule has 0 unspecified atom stereocenters. The van der Waals surface area contributed by atoms with E-state index < -0.39 is 5.91 Å². The van der Waals surface area contributed by atoms with E-state index in [1.54, 1.807) is 12.1 Å². The summed E-state index contributed by atoms with van der Waals surface area (Å²) in [4.78, 5) is 11.3. The number of ether oxygens (including phenoxy) is 1. The van der Waals surface area contributed by atoms with E-state index in [0.717, 1.165) is 16.5 Å². The second-order valence-corrected chi connectivity index (χ2v) is 4.76. The van der Waals surface area contributed by atoms with Crippen molar-refractivity contribution in [2.75, 3.05) is 6.61 Å². The first-order valence-electron chi connectivity index (χ1n) is 6.03.